The number of rotatable bonds is 2. The normalized spacial score (nSPS) is 13.3. The Bertz CT molecular complexity index is 585. The maximum atomic E-state index is 11.1. The number of nitrogen functional groups attached to an aromatic ring is 1. The Kier molecular flexibility index (Phi) is 5.35. The maximum Gasteiger partial charge on any atom is 0.336 e. The smallest absolute Gasteiger partial charge is 0.336 e. The van der Waals surface area contributed by atoms with Crippen molar-refractivity contribution in [1.82, 2.24) is 0 Å². The fourth-order valence-electron chi connectivity index (χ4n) is 2.19. The van der Waals surface area contributed by atoms with Gasteiger partial charge in [0.05, 0.1) is 5.56 Å². The maximum absolute atomic E-state index is 11.1. The number of ether oxygens (including phenoxy) is 1. The largest absolute Gasteiger partial charge is 0.478 e. The molecule has 0 spiro atoms. The van der Waals surface area contributed by atoms with Crippen LogP contribution in [0, 0.1) is 0 Å². The minimum Gasteiger partial charge on any atom is -0.478 e. The van der Waals surface area contributed by atoms with Gasteiger partial charge in [0, 0.05) is 24.5 Å². The van der Waals surface area contributed by atoms with E-state index in [0.29, 0.717) is 11.3 Å². The van der Waals surface area contributed by atoms with Crippen LogP contribution < -0.4 is 5.73 Å². The molecule has 0 atom stereocenters. The van der Waals surface area contributed by atoms with Crippen molar-refractivity contribution in [2.75, 3.05) is 18.9 Å². The summed E-state index contributed by atoms with van der Waals surface area (Å²) in [5, 5.41) is 9.10. The van der Waals surface area contributed by atoms with E-state index in [2.05, 4.69) is 0 Å². The molecular formula is C17H19NO3. The highest BCUT2D eigenvalue weighted by Gasteiger charge is 2.13. The quantitative estimate of drug-likeness (QED) is 0.829. The lowest BCUT2D eigenvalue weighted by molar-refractivity contribution is 0.0698. The van der Waals surface area contributed by atoms with Gasteiger partial charge < -0.3 is 15.6 Å². The lowest BCUT2D eigenvalue weighted by atomic mass is 9.98. The van der Waals surface area contributed by atoms with Gasteiger partial charge in [-0.2, -0.15) is 0 Å². The number of hydrogen-bond acceptors (Lipinski definition) is 3. The van der Waals surface area contributed by atoms with E-state index in [1.54, 1.807) is 18.2 Å². The van der Waals surface area contributed by atoms with Gasteiger partial charge in [0.25, 0.3) is 0 Å². The van der Waals surface area contributed by atoms with Crippen LogP contribution in [0.2, 0.25) is 0 Å². The zero-order chi connectivity index (χ0) is 15.1. The number of benzene rings is 2. The fraction of sp³-hybridized carbons (Fsp3) is 0.235. The Morgan fingerprint density at radius 3 is 2.19 bits per heavy atom. The van der Waals surface area contributed by atoms with Crippen LogP contribution in [-0.2, 0) is 4.74 Å². The monoisotopic (exact) mass is 285 g/mol. The average molecular weight is 285 g/mol. The molecule has 2 aromatic carbocycles. The molecule has 2 aromatic rings. The van der Waals surface area contributed by atoms with Crippen molar-refractivity contribution < 1.29 is 14.6 Å². The van der Waals surface area contributed by atoms with Gasteiger partial charge in [-0.25, -0.2) is 4.79 Å². The van der Waals surface area contributed by atoms with Crippen LogP contribution >= 0.6 is 0 Å². The molecular weight excluding hydrogens is 266 g/mol. The van der Waals surface area contributed by atoms with Crippen molar-refractivity contribution in [2.45, 2.75) is 12.8 Å². The van der Waals surface area contributed by atoms with E-state index in [1.165, 1.54) is 12.8 Å². The number of aromatic carboxylic acids is 1. The lowest BCUT2D eigenvalue weighted by Crippen LogP contribution is -2.02. The highest BCUT2D eigenvalue weighted by atomic mass is 16.5. The third-order valence-corrected chi connectivity index (χ3v) is 3.22. The molecule has 1 aliphatic heterocycles. The predicted molar refractivity (Wildman–Crippen MR) is 83.3 cm³/mol. The summed E-state index contributed by atoms with van der Waals surface area (Å²) in [6.07, 6.45) is 2.56. The zero-order valence-corrected chi connectivity index (χ0v) is 11.8. The van der Waals surface area contributed by atoms with Gasteiger partial charge in [-0.1, -0.05) is 36.4 Å². The molecule has 110 valence electrons. The van der Waals surface area contributed by atoms with Gasteiger partial charge in [0.15, 0.2) is 0 Å². The van der Waals surface area contributed by atoms with Gasteiger partial charge in [-0.15, -0.1) is 0 Å². The Labute approximate surface area is 124 Å². The summed E-state index contributed by atoms with van der Waals surface area (Å²) in [5.41, 5.74) is 7.93. The van der Waals surface area contributed by atoms with Crippen molar-refractivity contribution in [3.8, 4) is 11.1 Å². The number of carboxylic acid groups (broad SMARTS) is 1. The van der Waals surface area contributed by atoms with E-state index in [-0.39, 0.29) is 5.56 Å². The summed E-state index contributed by atoms with van der Waals surface area (Å²) in [6.45, 7) is 2.00. The molecule has 4 nitrogen and oxygen atoms in total. The van der Waals surface area contributed by atoms with Crippen molar-refractivity contribution in [2.24, 2.45) is 0 Å². The number of carbonyl (C=O) groups is 1. The molecule has 3 N–H and O–H groups in total. The van der Waals surface area contributed by atoms with Gasteiger partial charge in [0.2, 0.25) is 0 Å². The molecule has 0 unspecified atom stereocenters. The summed E-state index contributed by atoms with van der Waals surface area (Å²) < 4.78 is 4.94. The van der Waals surface area contributed by atoms with Gasteiger partial charge in [-0.05, 0) is 30.5 Å². The number of carboxylic acids is 1. The Hall–Kier alpha value is -2.33. The second-order valence-corrected chi connectivity index (χ2v) is 4.76. The van der Waals surface area contributed by atoms with Crippen LogP contribution in [-0.4, -0.2) is 24.3 Å². The van der Waals surface area contributed by atoms with Crippen LogP contribution in [0.1, 0.15) is 23.2 Å². The highest BCUT2D eigenvalue weighted by molar-refractivity contribution is 5.99. The fourth-order valence-corrected chi connectivity index (χ4v) is 2.19. The Morgan fingerprint density at radius 2 is 1.67 bits per heavy atom. The molecule has 3 rings (SSSR count). The van der Waals surface area contributed by atoms with Crippen molar-refractivity contribution >= 4 is 11.7 Å². The van der Waals surface area contributed by atoms with Crippen molar-refractivity contribution in [3.63, 3.8) is 0 Å². The minimum absolute atomic E-state index is 0.228. The molecule has 1 aliphatic rings. The molecule has 1 saturated heterocycles. The highest BCUT2D eigenvalue weighted by Crippen LogP contribution is 2.29. The van der Waals surface area contributed by atoms with E-state index in [0.717, 1.165) is 18.8 Å². The average Bonchev–Trinajstić information content (AvgIpc) is 3.07. The first-order chi connectivity index (χ1) is 10.2. The van der Waals surface area contributed by atoms with Gasteiger partial charge in [-0.3, -0.25) is 0 Å². The van der Waals surface area contributed by atoms with Gasteiger partial charge in [0.1, 0.15) is 0 Å². The molecule has 0 saturated carbocycles. The molecule has 0 aromatic heterocycles. The summed E-state index contributed by atoms with van der Waals surface area (Å²) in [7, 11) is 0. The standard InChI is InChI=1S/C13H11NO2.C4H8O/c14-11-8-4-7-10(13(15)16)12(11)9-5-2-1-3-6-9;1-2-4-5-3-1/h1-8H,14H2,(H,15,16);1-4H2. The minimum atomic E-state index is -0.967. The topological polar surface area (TPSA) is 72.5 Å². The predicted octanol–water partition coefficient (Wildman–Crippen LogP) is 3.43. The van der Waals surface area contributed by atoms with E-state index in [1.807, 2.05) is 30.3 Å². The lowest BCUT2D eigenvalue weighted by Gasteiger charge is -2.09. The molecule has 4 heteroatoms. The first-order valence-corrected chi connectivity index (χ1v) is 6.95. The van der Waals surface area contributed by atoms with Crippen LogP contribution in [0.15, 0.2) is 48.5 Å². The molecule has 1 heterocycles. The third kappa shape index (κ3) is 4.07. The Morgan fingerprint density at radius 1 is 1.00 bits per heavy atom. The second-order valence-electron chi connectivity index (χ2n) is 4.76. The molecule has 0 amide bonds. The third-order valence-electron chi connectivity index (χ3n) is 3.22. The van der Waals surface area contributed by atoms with Crippen molar-refractivity contribution in [1.29, 1.82) is 0 Å². The molecule has 0 bridgehead atoms. The molecule has 1 fully saturated rings. The van der Waals surface area contributed by atoms with Crippen molar-refractivity contribution in [3.05, 3.63) is 54.1 Å². The number of nitrogens with two attached hydrogens (primary N) is 1. The first-order valence-electron chi connectivity index (χ1n) is 6.95. The van der Waals surface area contributed by atoms with E-state index in [9.17, 15) is 4.79 Å². The van der Waals surface area contributed by atoms with Crippen LogP contribution in [0.3, 0.4) is 0 Å². The number of hydrogen-bond donors (Lipinski definition) is 2. The summed E-state index contributed by atoms with van der Waals surface area (Å²) in [6, 6.07) is 14.2. The number of anilines is 1. The van der Waals surface area contributed by atoms with E-state index < -0.39 is 5.97 Å². The Balaban J connectivity index is 0.000000272. The summed E-state index contributed by atoms with van der Waals surface area (Å²) in [4.78, 5) is 11.1. The summed E-state index contributed by atoms with van der Waals surface area (Å²) >= 11 is 0. The van der Waals surface area contributed by atoms with Gasteiger partial charge >= 0.3 is 5.97 Å². The molecule has 0 radical (unpaired) electrons. The molecule has 21 heavy (non-hydrogen) atoms. The van der Waals surface area contributed by atoms with E-state index >= 15 is 0 Å². The SMILES string of the molecule is C1CCOC1.Nc1cccc(C(=O)O)c1-c1ccccc1. The zero-order valence-electron chi connectivity index (χ0n) is 11.8. The molecule has 0 aliphatic carbocycles. The van der Waals surface area contributed by atoms with Crippen LogP contribution in [0.4, 0.5) is 5.69 Å². The second kappa shape index (κ2) is 7.45. The van der Waals surface area contributed by atoms with Crippen LogP contribution in [0.25, 0.3) is 11.1 Å². The van der Waals surface area contributed by atoms with Crippen LogP contribution in [0.5, 0.6) is 0 Å². The first kappa shape index (κ1) is 15.1. The van der Waals surface area contributed by atoms with E-state index in [4.69, 9.17) is 15.6 Å². The summed E-state index contributed by atoms with van der Waals surface area (Å²) in [5.74, 6) is -0.967.